The van der Waals surface area contributed by atoms with Gasteiger partial charge in [-0.2, -0.15) is 8.42 Å². The number of methoxy groups -OCH3 is 5. The monoisotopic (exact) mass is 957 g/mol. The van der Waals surface area contributed by atoms with Gasteiger partial charge in [0.1, 0.15) is 65.4 Å². The van der Waals surface area contributed by atoms with Crippen LogP contribution in [0.4, 0.5) is 0 Å². The van der Waals surface area contributed by atoms with Crippen molar-refractivity contribution in [2.45, 2.75) is 100 Å². The van der Waals surface area contributed by atoms with Crippen molar-refractivity contribution >= 4 is 21.3 Å². The fourth-order valence-electron chi connectivity index (χ4n) is 8.28. The summed E-state index contributed by atoms with van der Waals surface area (Å²) in [6.45, 7) is 4.46. The zero-order chi connectivity index (χ0) is 46.9. The van der Waals surface area contributed by atoms with E-state index in [1.165, 1.54) is 14.2 Å². The maximum Gasteiger partial charge on any atom is 0.397 e. The van der Waals surface area contributed by atoms with E-state index in [1.807, 2.05) is 103 Å². The molecule has 4 aromatic rings. The highest BCUT2D eigenvalue weighted by atomic mass is 32.3. The number of hydrogen-bond donors (Lipinski definition) is 1. The van der Waals surface area contributed by atoms with Crippen LogP contribution < -0.4 is 14.2 Å². The molecule has 0 amide bonds. The number of fused-ring (bicyclic) bond motifs is 1. The Labute approximate surface area is 390 Å². The highest BCUT2D eigenvalue weighted by Crippen LogP contribution is 2.46. The maximum absolute atomic E-state index is 12.8. The molecule has 16 nitrogen and oxygen atoms in total. The van der Waals surface area contributed by atoms with E-state index in [4.69, 9.17) is 61.0 Å². The van der Waals surface area contributed by atoms with Crippen LogP contribution in [-0.4, -0.2) is 126 Å². The molecule has 0 aromatic heterocycles. The molecule has 0 spiro atoms. The van der Waals surface area contributed by atoms with Crippen LogP contribution in [0.25, 0.3) is 0 Å². The van der Waals surface area contributed by atoms with E-state index in [2.05, 4.69) is 0 Å². The Bertz CT molecular complexity index is 2220. The molecule has 1 unspecified atom stereocenters. The molecule has 1 N–H and O–H groups in total. The van der Waals surface area contributed by atoms with Gasteiger partial charge in [-0.3, -0.25) is 4.55 Å². The first-order valence-electron chi connectivity index (χ1n) is 21.6. The molecule has 3 saturated heterocycles. The van der Waals surface area contributed by atoms with E-state index in [-0.39, 0.29) is 37.4 Å². The normalized spacial score (nSPS) is 29.8. The van der Waals surface area contributed by atoms with Crippen molar-refractivity contribution in [2.24, 2.45) is 0 Å². The van der Waals surface area contributed by atoms with E-state index in [1.54, 1.807) is 35.2 Å². The minimum Gasteiger partial charge on any atom is -0.497 e. The van der Waals surface area contributed by atoms with Crippen LogP contribution in [0.15, 0.2) is 103 Å². The third-order valence-corrected chi connectivity index (χ3v) is 15.5. The van der Waals surface area contributed by atoms with Crippen molar-refractivity contribution in [2.75, 3.05) is 53.7 Å². The van der Waals surface area contributed by atoms with Crippen molar-refractivity contribution in [1.82, 2.24) is 0 Å². The van der Waals surface area contributed by atoms with Crippen LogP contribution in [-0.2, 0) is 94.5 Å². The molecule has 0 radical (unpaired) electrons. The molecule has 3 fully saturated rings. The fourth-order valence-corrected chi connectivity index (χ4v) is 11.7. The van der Waals surface area contributed by atoms with Gasteiger partial charge in [-0.25, -0.2) is 4.18 Å². The van der Waals surface area contributed by atoms with Crippen molar-refractivity contribution < 1.29 is 74.0 Å². The third kappa shape index (κ3) is 12.2. The number of hydrogen-bond acceptors (Lipinski definition) is 15. The molecule has 3 aliphatic heterocycles. The molecule has 4 aromatic carbocycles. The fraction of sp³-hybridized carbons (Fsp3) is 0.500. The predicted octanol–water partition coefficient (Wildman–Crippen LogP) is 6.04. The SMILES string of the molecule is COc1ccc(COC[C@@H]2[C@@H](OCc3ccc(OC)cc3)[C@H](OCc3ccc(OC)cc3)C[S+]2C[C@H]2O[C@@H](OCc3ccccc3)[C@@H]3O[C@@](C)(OC)[C@](C)(OC)O[C@H]3[C@H]2OS(=O)(=O)O)cc1. The lowest BCUT2D eigenvalue weighted by molar-refractivity contribution is -0.482. The van der Waals surface area contributed by atoms with Gasteiger partial charge in [-0.05, 0) is 72.5 Å². The Kier molecular flexibility index (Phi) is 17.1. The first kappa shape index (κ1) is 50.0. The lowest BCUT2D eigenvalue weighted by Gasteiger charge is -2.56. The zero-order valence-electron chi connectivity index (χ0n) is 38.3. The van der Waals surface area contributed by atoms with E-state index in [0.717, 1.165) is 39.5 Å². The average molecular weight is 958 g/mol. The Balaban J connectivity index is 1.23. The molecule has 66 heavy (non-hydrogen) atoms. The minimum atomic E-state index is -5.09. The van der Waals surface area contributed by atoms with E-state index >= 15 is 0 Å². The Morgan fingerprint density at radius 1 is 0.621 bits per heavy atom. The third-order valence-electron chi connectivity index (χ3n) is 12.3. The van der Waals surface area contributed by atoms with Gasteiger partial charge in [-0.15, -0.1) is 0 Å². The van der Waals surface area contributed by atoms with Gasteiger partial charge in [0.2, 0.25) is 11.6 Å². The molecule has 0 saturated carbocycles. The summed E-state index contributed by atoms with van der Waals surface area (Å²) in [5.41, 5.74) is 3.66. The molecule has 3 aliphatic rings. The van der Waals surface area contributed by atoms with Gasteiger partial charge in [0, 0.05) is 25.1 Å². The van der Waals surface area contributed by atoms with Crippen LogP contribution in [0.2, 0.25) is 0 Å². The predicted molar refractivity (Wildman–Crippen MR) is 244 cm³/mol. The smallest absolute Gasteiger partial charge is 0.397 e. The van der Waals surface area contributed by atoms with Crippen LogP contribution in [0, 0.1) is 0 Å². The second-order valence-corrected chi connectivity index (χ2v) is 19.8. The van der Waals surface area contributed by atoms with Gasteiger partial charge in [0.15, 0.2) is 11.5 Å². The Morgan fingerprint density at radius 2 is 1.11 bits per heavy atom. The lowest BCUT2D eigenvalue weighted by atomic mass is 9.95. The lowest BCUT2D eigenvalue weighted by Crippen LogP contribution is -2.73. The number of ether oxygens (including phenoxy) is 12. The largest absolute Gasteiger partial charge is 0.497 e. The first-order valence-corrected chi connectivity index (χ1v) is 24.5. The van der Waals surface area contributed by atoms with Crippen LogP contribution in [0.3, 0.4) is 0 Å². The minimum absolute atomic E-state index is 0.121. The summed E-state index contributed by atoms with van der Waals surface area (Å²) < 4.78 is 116. The maximum atomic E-state index is 12.8. The molecular formula is C48H61O16S2+. The van der Waals surface area contributed by atoms with E-state index in [0.29, 0.717) is 12.4 Å². The topological polar surface area (TPSA) is 174 Å². The van der Waals surface area contributed by atoms with E-state index in [9.17, 15) is 13.0 Å². The molecule has 0 aliphatic carbocycles. The number of rotatable bonds is 22. The summed E-state index contributed by atoms with van der Waals surface area (Å²) in [7, 11) is 1.94. The average Bonchev–Trinajstić information content (AvgIpc) is 3.66. The van der Waals surface area contributed by atoms with Gasteiger partial charge >= 0.3 is 10.4 Å². The van der Waals surface area contributed by atoms with Crippen molar-refractivity contribution in [1.29, 1.82) is 0 Å². The second kappa shape index (κ2) is 22.5. The van der Waals surface area contributed by atoms with Gasteiger partial charge in [-0.1, -0.05) is 66.7 Å². The first-order chi connectivity index (χ1) is 31.8. The Morgan fingerprint density at radius 3 is 1.62 bits per heavy atom. The molecule has 7 rings (SSSR count). The highest BCUT2D eigenvalue weighted by molar-refractivity contribution is 7.97. The van der Waals surface area contributed by atoms with Crippen molar-refractivity contribution in [3.63, 3.8) is 0 Å². The molecule has 11 atom stereocenters. The van der Waals surface area contributed by atoms with Gasteiger partial charge in [0.05, 0.1) is 54.4 Å². The molecule has 0 bridgehead atoms. The summed E-state index contributed by atoms with van der Waals surface area (Å²) in [5, 5.41) is -0.302. The molecular weight excluding hydrogens is 897 g/mol. The summed E-state index contributed by atoms with van der Waals surface area (Å²) in [6, 6.07) is 32.5. The van der Waals surface area contributed by atoms with Gasteiger partial charge < -0.3 is 56.8 Å². The van der Waals surface area contributed by atoms with Crippen LogP contribution in [0.1, 0.15) is 36.1 Å². The van der Waals surface area contributed by atoms with Gasteiger partial charge in [0.25, 0.3) is 0 Å². The Hall–Kier alpha value is -3.86. The standard InChI is InChI=1S/C48H60O16S2/c1-47(55-6)48(2,56-7)63-45-44(62-47)43(64-66(49,50)51)40(61-46(45)60-28-32-11-9-8-10-12-32)31-65-30-39(58-26-34-15-21-37(53-4)22-16-34)42(59-27-35-17-23-38(54-5)24-18-35)41(65)29-57-25-33-13-19-36(52-3)20-14-33/h8-24,39-46H,25-31H2,1-7H3/p+1/t39-,40-,41-,42+,43+,44+,45-,46-,47-,48-,65?/m1/s1. The van der Waals surface area contributed by atoms with Crippen LogP contribution in [0.5, 0.6) is 17.2 Å². The molecule has 18 heteroatoms. The molecule has 3 heterocycles. The quantitative estimate of drug-likeness (QED) is 0.0713. The highest BCUT2D eigenvalue weighted by Gasteiger charge is 2.65. The zero-order valence-corrected chi connectivity index (χ0v) is 39.9. The van der Waals surface area contributed by atoms with Crippen LogP contribution >= 0.6 is 0 Å². The summed E-state index contributed by atoms with van der Waals surface area (Å²) in [6.07, 6.45) is -6.89. The second-order valence-electron chi connectivity index (χ2n) is 16.4. The van der Waals surface area contributed by atoms with Crippen molar-refractivity contribution in [3.05, 3.63) is 125 Å². The van der Waals surface area contributed by atoms with E-state index < -0.39 is 75.8 Å². The summed E-state index contributed by atoms with van der Waals surface area (Å²) in [5.74, 6) is -0.237. The molecule has 360 valence electrons. The number of benzene rings is 4. The summed E-state index contributed by atoms with van der Waals surface area (Å²) in [4.78, 5) is 0. The van der Waals surface area contributed by atoms with Crippen molar-refractivity contribution in [3.8, 4) is 17.2 Å². The summed E-state index contributed by atoms with van der Waals surface area (Å²) >= 11 is 0.